The predicted molar refractivity (Wildman–Crippen MR) is 90.7 cm³/mol. The van der Waals surface area contributed by atoms with Crippen LogP contribution in [0.15, 0.2) is 54.6 Å². The molecule has 0 amide bonds. The number of rotatable bonds is 3. The van der Waals surface area contributed by atoms with Crippen LogP contribution in [0.5, 0.6) is 0 Å². The van der Waals surface area contributed by atoms with Crippen molar-refractivity contribution in [2.75, 3.05) is 0 Å². The minimum Gasteiger partial charge on any atom is -0.389 e. The molecule has 4 heteroatoms. The Balaban J connectivity index is 2.11. The Labute approximate surface area is 126 Å². The maximum Gasteiger partial charge on any atom is 0.127 e. The van der Waals surface area contributed by atoms with E-state index in [1.165, 1.54) is 0 Å². The number of thiocarbonyl (C=S) groups is 1. The normalized spacial score (nSPS) is 11.7. The van der Waals surface area contributed by atoms with Crippen LogP contribution < -0.4 is 5.73 Å². The van der Waals surface area contributed by atoms with E-state index in [2.05, 4.69) is 11.1 Å². The summed E-state index contributed by atoms with van der Waals surface area (Å²) in [4.78, 5) is 4.98. The quantitative estimate of drug-likeness (QED) is 0.583. The molecule has 1 aromatic heterocycles. The van der Waals surface area contributed by atoms with Crippen LogP contribution >= 0.6 is 23.6 Å². The highest BCUT2D eigenvalue weighted by Crippen LogP contribution is 2.28. The average molecular weight is 296 g/mol. The van der Waals surface area contributed by atoms with Gasteiger partial charge in [-0.05, 0) is 23.8 Å². The average Bonchev–Trinajstić information content (AvgIpc) is 2.89. The van der Waals surface area contributed by atoms with Crippen molar-refractivity contribution in [3.05, 3.63) is 65.2 Å². The summed E-state index contributed by atoms with van der Waals surface area (Å²) < 4.78 is 1.14. The first-order valence-electron chi connectivity index (χ1n) is 6.16. The van der Waals surface area contributed by atoms with Gasteiger partial charge in [-0.25, -0.2) is 4.98 Å². The highest BCUT2D eigenvalue weighted by atomic mass is 32.1. The fourth-order valence-corrected chi connectivity index (χ4v) is 3.16. The number of thiazole rings is 1. The molecule has 0 saturated heterocycles. The largest absolute Gasteiger partial charge is 0.389 e. The topological polar surface area (TPSA) is 38.9 Å². The van der Waals surface area contributed by atoms with E-state index in [0.717, 1.165) is 26.4 Å². The van der Waals surface area contributed by atoms with E-state index in [1.807, 2.05) is 54.6 Å². The summed E-state index contributed by atoms with van der Waals surface area (Å²) in [6.07, 6.45) is 1.99. The summed E-state index contributed by atoms with van der Waals surface area (Å²) in [5.74, 6) is 0. The van der Waals surface area contributed by atoms with Crippen molar-refractivity contribution in [3.8, 4) is 0 Å². The second kappa shape index (κ2) is 5.53. The molecule has 0 aliphatic carbocycles. The van der Waals surface area contributed by atoms with E-state index in [-0.39, 0.29) is 0 Å². The van der Waals surface area contributed by atoms with Gasteiger partial charge in [-0.15, -0.1) is 11.3 Å². The van der Waals surface area contributed by atoms with Crippen LogP contribution in [0.1, 0.15) is 10.6 Å². The number of aromatic nitrogens is 1. The second-order valence-electron chi connectivity index (χ2n) is 4.32. The van der Waals surface area contributed by atoms with Gasteiger partial charge in [0, 0.05) is 5.57 Å². The van der Waals surface area contributed by atoms with E-state index in [4.69, 9.17) is 18.0 Å². The van der Waals surface area contributed by atoms with Crippen molar-refractivity contribution < 1.29 is 0 Å². The number of nitrogens with two attached hydrogens (primary N) is 1. The Hall–Kier alpha value is -2.04. The first-order chi connectivity index (χ1) is 9.74. The molecule has 20 heavy (non-hydrogen) atoms. The molecule has 98 valence electrons. The lowest BCUT2D eigenvalue weighted by Gasteiger charge is -2.01. The van der Waals surface area contributed by atoms with Crippen LogP contribution in [-0.4, -0.2) is 9.97 Å². The molecular weight excluding hydrogens is 284 g/mol. The Morgan fingerprint density at radius 3 is 2.45 bits per heavy atom. The third-order valence-electron chi connectivity index (χ3n) is 2.90. The predicted octanol–water partition coefficient (Wildman–Crippen LogP) is 4.12. The molecular formula is C16H12N2S2. The first-order valence-corrected chi connectivity index (χ1v) is 7.39. The molecule has 2 N–H and O–H groups in total. The zero-order chi connectivity index (χ0) is 13.9. The van der Waals surface area contributed by atoms with Crippen LogP contribution in [0.2, 0.25) is 0 Å². The number of hydrogen-bond donors (Lipinski definition) is 1. The molecule has 2 nitrogen and oxygen atoms in total. The molecule has 3 rings (SSSR count). The molecule has 0 aliphatic rings. The molecule has 3 aromatic rings. The van der Waals surface area contributed by atoms with Crippen LogP contribution in [-0.2, 0) is 0 Å². The molecule has 1 heterocycles. The van der Waals surface area contributed by atoms with Crippen molar-refractivity contribution >= 4 is 50.4 Å². The smallest absolute Gasteiger partial charge is 0.127 e. The summed E-state index contributed by atoms with van der Waals surface area (Å²) >= 11 is 6.78. The van der Waals surface area contributed by atoms with E-state index < -0.39 is 0 Å². The van der Waals surface area contributed by atoms with Gasteiger partial charge in [-0.1, -0.05) is 54.7 Å². The van der Waals surface area contributed by atoms with Gasteiger partial charge in [0.25, 0.3) is 0 Å². The molecule has 0 radical (unpaired) electrons. The van der Waals surface area contributed by atoms with Gasteiger partial charge in [0.05, 0.1) is 10.2 Å². The molecule has 0 fully saturated rings. The van der Waals surface area contributed by atoms with Gasteiger partial charge in [-0.3, -0.25) is 0 Å². The lowest BCUT2D eigenvalue weighted by atomic mass is 10.1. The third-order valence-corrected chi connectivity index (χ3v) is 4.19. The van der Waals surface area contributed by atoms with Gasteiger partial charge in [0.1, 0.15) is 10.00 Å². The van der Waals surface area contributed by atoms with Gasteiger partial charge in [0.2, 0.25) is 0 Å². The van der Waals surface area contributed by atoms with Gasteiger partial charge in [-0.2, -0.15) is 0 Å². The number of hydrogen-bond acceptors (Lipinski definition) is 3. The molecule has 0 spiro atoms. The Morgan fingerprint density at radius 1 is 1.05 bits per heavy atom. The van der Waals surface area contributed by atoms with Crippen molar-refractivity contribution in [2.24, 2.45) is 5.73 Å². The van der Waals surface area contributed by atoms with Gasteiger partial charge < -0.3 is 5.73 Å². The van der Waals surface area contributed by atoms with Crippen LogP contribution in [0.3, 0.4) is 0 Å². The lowest BCUT2D eigenvalue weighted by molar-refractivity contribution is 1.45. The standard InChI is InChI=1S/C16H12N2S2/c17-15(19)12(10-11-6-2-1-3-7-11)16-18-13-8-4-5-9-14(13)20-16/h1-10H,(H2,17,19)/b12-10-. The number of benzene rings is 2. The summed E-state index contributed by atoms with van der Waals surface area (Å²) in [7, 11) is 0. The van der Waals surface area contributed by atoms with Crippen molar-refractivity contribution in [3.63, 3.8) is 0 Å². The van der Waals surface area contributed by atoms with Gasteiger partial charge >= 0.3 is 0 Å². The summed E-state index contributed by atoms with van der Waals surface area (Å²) in [5.41, 5.74) is 8.72. The Bertz CT molecular complexity index is 755. The van der Waals surface area contributed by atoms with Crippen LogP contribution in [0.25, 0.3) is 21.9 Å². The van der Waals surface area contributed by atoms with E-state index >= 15 is 0 Å². The summed E-state index contributed by atoms with van der Waals surface area (Å²) in [6, 6.07) is 18.0. The maximum absolute atomic E-state index is 5.87. The minimum absolute atomic E-state index is 0.368. The van der Waals surface area contributed by atoms with E-state index in [1.54, 1.807) is 11.3 Å². The fourth-order valence-electron chi connectivity index (χ4n) is 1.94. The highest BCUT2D eigenvalue weighted by Gasteiger charge is 2.11. The molecule has 2 aromatic carbocycles. The van der Waals surface area contributed by atoms with Gasteiger partial charge in [0.15, 0.2) is 0 Å². The fraction of sp³-hybridized carbons (Fsp3) is 0. The Kier molecular flexibility index (Phi) is 3.58. The molecule has 0 unspecified atom stereocenters. The van der Waals surface area contributed by atoms with Crippen LogP contribution in [0.4, 0.5) is 0 Å². The maximum atomic E-state index is 5.87. The number of para-hydroxylation sites is 1. The molecule has 0 saturated carbocycles. The molecule has 0 atom stereocenters. The number of fused-ring (bicyclic) bond motifs is 1. The SMILES string of the molecule is NC(=S)/C(=C/c1ccccc1)c1nc2ccccc2s1. The third kappa shape index (κ3) is 2.61. The van der Waals surface area contributed by atoms with Crippen molar-refractivity contribution in [1.82, 2.24) is 4.98 Å². The van der Waals surface area contributed by atoms with Crippen LogP contribution in [0, 0.1) is 0 Å². The second-order valence-corrected chi connectivity index (χ2v) is 5.79. The van der Waals surface area contributed by atoms with E-state index in [0.29, 0.717) is 4.99 Å². The molecule has 0 aliphatic heterocycles. The molecule has 0 bridgehead atoms. The zero-order valence-corrected chi connectivity index (χ0v) is 12.2. The monoisotopic (exact) mass is 296 g/mol. The highest BCUT2D eigenvalue weighted by molar-refractivity contribution is 7.81. The number of nitrogens with zero attached hydrogens (tertiary/aromatic N) is 1. The van der Waals surface area contributed by atoms with Crippen molar-refractivity contribution in [2.45, 2.75) is 0 Å². The minimum atomic E-state index is 0.368. The summed E-state index contributed by atoms with van der Waals surface area (Å²) in [5, 5.41) is 0.863. The summed E-state index contributed by atoms with van der Waals surface area (Å²) in [6.45, 7) is 0. The first kappa shape index (κ1) is 13.0. The zero-order valence-electron chi connectivity index (χ0n) is 10.6. The van der Waals surface area contributed by atoms with E-state index in [9.17, 15) is 0 Å². The van der Waals surface area contributed by atoms with Crippen molar-refractivity contribution in [1.29, 1.82) is 0 Å². The Morgan fingerprint density at radius 2 is 1.75 bits per heavy atom. The lowest BCUT2D eigenvalue weighted by Crippen LogP contribution is -2.10.